The summed E-state index contributed by atoms with van der Waals surface area (Å²) < 4.78 is 7.64. The molecule has 0 aliphatic heterocycles. The van der Waals surface area contributed by atoms with Crippen molar-refractivity contribution < 1.29 is 24.5 Å². The van der Waals surface area contributed by atoms with Crippen LogP contribution in [0.5, 0.6) is 0 Å². The first-order chi connectivity index (χ1) is 23.4. The zero-order valence-electron chi connectivity index (χ0n) is 31.0. The molecule has 1 aliphatic carbocycles. The molecule has 1 radical (unpaired) electrons. The molecular weight excluding hydrogens is 851 g/mol. The van der Waals surface area contributed by atoms with Crippen LogP contribution in [0.3, 0.4) is 0 Å². The quantitative estimate of drug-likeness (QED) is 0.118. The van der Waals surface area contributed by atoms with E-state index in [0.29, 0.717) is 17.0 Å². The number of fused-ring (bicyclic) bond motifs is 3. The molecule has 263 valence electrons. The Balaban J connectivity index is 0.000000199. The van der Waals surface area contributed by atoms with E-state index < -0.39 is 13.3 Å². The van der Waals surface area contributed by atoms with Gasteiger partial charge in [-0.05, 0) is 47.2 Å². The molecule has 4 heterocycles. The summed E-state index contributed by atoms with van der Waals surface area (Å²) in [7, 11) is 0. The molecular formula is C44H51GeIrN3O-2. The van der Waals surface area contributed by atoms with Crippen LogP contribution in [0, 0.1) is 23.5 Å². The summed E-state index contributed by atoms with van der Waals surface area (Å²) in [6.07, 6.45) is 13.7. The molecule has 0 unspecified atom stereocenters. The van der Waals surface area contributed by atoms with Gasteiger partial charge >= 0.3 is 132 Å². The smallest absolute Gasteiger partial charge is 0.216 e. The van der Waals surface area contributed by atoms with Crippen LogP contribution in [-0.4, -0.2) is 28.2 Å². The predicted octanol–water partition coefficient (Wildman–Crippen LogP) is 11.4. The largest absolute Gasteiger partial charge is 0.486 e. The van der Waals surface area contributed by atoms with Gasteiger partial charge in [-0.15, -0.1) is 18.2 Å². The van der Waals surface area contributed by atoms with Gasteiger partial charge < -0.3 is 9.40 Å². The Kier molecular flexibility index (Phi) is 12.2. The van der Waals surface area contributed by atoms with E-state index in [1.807, 2.05) is 36.4 Å². The molecule has 0 atom stereocenters. The molecule has 6 aromatic rings. The third kappa shape index (κ3) is 9.02. The Morgan fingerprint density at radius 3 is 2.26 bits per heavy atom. The molecule has 7 rings (SSSR count). The fourth-order valence-corrected chi connectivity index (χ4v) is 10.5. The van der Waals surface area contributed by atoms with Gasteiger partial charge in [0.15, 0.2) is 0 Å². The standard InChI is InChI=1S/C25H25N2O.C19H26GeN.Ir/c1-16(2)22-15-27-23(14-18(22)13-17-7-3-4-8-17)21-10-5-9-19-20-11-6-12-26-25(20)28-24(19)21;1-19(2,3)13-16-12-18(15-10-8-7-9-11-15)21-14-17(16)20(4,5)6;/h5-6,9,11-12,14-17H,3-4,7-8,13H2,1-2H3;7-10,12,14H,13H2,1-6H3;/q2*-1;. The van der Waals surface area contributed by atoms with Gasteiger partial charge in [0, 0.05) is 37.9 Å². The minimum atomic E-state index is -1.90. The van der Waals surface area contributed by atoms with E-state index in [9.17, 15) is 0 Å². The van der Waals surface area contributed by atoms with E-state index in [4.69, 9.17) is 14.4 Å². The minimum absolute atomic E-state index is 0. The van der Waals surface area contributed by atoms with Gasteiger partial charge in [0.2, 0.25) is 5.71 Å². The second kappa shape index (κ2) is 16.1. The summed E-state index contributed by atoms with van der Waals surface area (Å²) >= 11 is -1.90. The first-order valence-corrected chi connectivity index (χ1v) is 25.4. The number of furan rings is 1. The van der Waals surface area contributed by atoms with Crippen LogP contribution in [0.4, 0.5) is 0 Å². The SMILES string of the molecule is CC(C)(C)Cc1cc(-c2[c-]cccc2)nc[c]1[Ge]([CH3])([CH3])[CH3].CC(C)c1cnc(-c2[c-]ccc3c2oc2ncccc23)cc1CC1CCCC1.[Ir]. The van der Waals surface area contributed by atoms with Gasteiger partial charge in [-0.3, -0.25) is 0 Å². The molecule has 50 heavy (non-hydrogen) atoms. The summed E-state index contributed by atoms with van der Waals surface area (Å²) in [5.74, 6) is 8.61. The summed E-state index contributed by atoms with van der Waals surface area (Å²) in [6.45, 7) is 11.4. The van der Waals surface area contributed by atoms with E-state index in [1.165, 1.54) is 46.8 Å². The molecule has 0 spiro atoms. The third-order valence-electron chi connectivity index (χ3n) is 9.60. The number of hydrogen-bond acceptors (Lipinski definition) is 4. The van der Waals surface area contributed by atoms with Gasteiger partial charge in [-0.1, -0.05) is 56.5 Å². The number of aromatic nitrogens is 3. The van der Waals surface area contributed by atoms with Crippen LogP contribution in [-0.2, 0) is 32.9 Å². The predicted molar refractivity (Wildman–Crippen MR) is 208 cm³/mol. The van der Waals surface area contributed by atoms with Crippen molar-refractivity contribution in [2.45, 2.75) is 96.3 Å². The van der Waals surface area contributed by atoms with Crippen LogP contribution >= 0.6 is 0 Å². The number of nitrogens with zero attached hydrogens (tertiary/aromatic N) is 3. The fourth-order valence-electron chi connectivity index (χ4n) is 7.22. The fraction of sp³-hybridized carbons (Fsp3) is 0.386. The van der Waals surface area contributed by atoms with E-state index in [-0.39, 0.29) is 20.1 Å². The molecule has 1 saturated carbocycles. The zero-order valence-corrected chi connectivity index (χ0v) is 35.5. The first-order valence-electron chi connectivity index (χ1n) is 18.0. The maximum Gasteiger partial charge on any atom is 0.216 e. The Labute approximate surface area is 315 Å². The van der Waals surface area contributed by atoms with Crippen molar-refractivity contribution in [3.05, 3.63) is 108 Å². The molecule has 0 amide bonds. The van der Waals surface area contributed by atoms with E-state index in [0.717, 1.165) is 57.6 Å². The summed E-state index contributed by atoms with van der Waals surface area (Å²) in [6, 6.07) is 27.3. The topological polar surface area (TPSA) is 51.8 Å². The van der Waals surface area contributed by atoms with Gasteiger partial charge in [0.25, 0.3) is 0 Å². The molecule has 4 nitrogen and oxygen atoms in total. The number of benzene rings is 2. The zero-order chi connectivity index (χ0) is 34.8. The second-order valence-corrected chi connectivity index (χ2v) is 26.9. The van der Waals surface area contributed by atoms with Crippen LogP contribution < -0.4 is 4.40 Å². The Bertz CT molecular complexity index is 2030. The maximum absolute atomic E-state index is 6.11. The molecule has 1 aliphatic rings. The Morgan fingerprint density at radius 1 is 0.840 bits per heavy atom. The molecule has 2 aromatic carbocycles. The molecule has 0 saturated heterocycles. The Hall–Kier alpha value is -3.12. The van der Waals surface area contributed by atoms with Gasteiger partial charge in [-0.25, -0.2) is 4.98 Å². The molecule has 0 bridgehead atoms. The monoisotopic (exact) mass is 904 g/mol. The van der Waals surface area contributed by atoms with Gasteiger partial charge in [-0.2, -0.15) is 0 Å². The van der Waals surface area contributed by atoms with Crippen LogP contribution in [0.15, 0.2) is 83.7 Å². The normalized spacial score (nSPS) is 13.8. The van der Waals surface area contributed by atoms with Crippen LogP contribution in [0.1, 0.15) is 82.9 Å². The van der Waals surface area contributed by atoms with Crippen molar-refractivity contribution in [1.82, 2.24) is 15.0 Å². The summed E-state index contributed by atoms with van der Waals surface area (Å²) in [5, 5.41) is 2.11. The van der Waals surface area contributed by atoms with E-state index in [2.05, 4.69) is 106 Å². The molecule has 1 fully saturated rings. The number of hydrogen-bond donors (Lipinski definition) is 0. The third-order valence-corrected chi connectivity index (χ3v) is 13.9. The maximum atomic E-state index is 6.11. The summed E-state index contributed by atoms with van der Waals surface area (Å²) in [4.78, 5) is 13.9. The van der Waals surface area contributed by atoms with E-state index >= 15 is 0 Å². The number of rotatable bonds is 7. The van der Waals surface area contributed by atoms with Gasteiger partial charge in [0.1, 0.15) is 0 Å². The molecule has 6 heteroatoms. The summed E-state index contributed by atoms with van der Waals surface area (Å²) in [5.41, 5.74) is 10.1. The Morgan fingerprint density at radius 2 is 1.58 bits per heavy atom. The second-order valence-electron chi connectivity index (χ2n) is 16.3. The first kappa shape index (κ1) is 38.1. The van der Waals surface area contributed by atoms with Crippen molar-refractivity contribution in [2.75, 3.05) is 0 Å². The minimum Gasteiger partial charge on any atom is -0.486 e. The molecule has 4 aromatic heterocycles. The van der Waals surface area contributed by atoms with E-state index in [1.54, 1.807) is 6.20 Å². The van der Waals surface area contributed by atoms with Crippen molar-refractivity contribution in [2.24, 2.45) is 11.3 Å². The van der Waals surface area contributed by atoms with Crippen LogP contribution in [0.25, 0.3) is 44.6 Å². The molecule has 0 N–H and O–H groups in total. The van der Waals surface area contributed by atoms with Crippen LogP contribution in [0.2, 0.25) is 17.3 Å². The van der Waals surface area contributed by atoms with Gasteiger partial charge in [0.05, 0.1) is 5.58 Å². The van der Waals surface area contributed by atoms with Crippen molar-refractivity contribution >= 4 is 39.7 Å². The van der Waals surface area contributed by atoms with Crippen molar-refractivity contribution in [3.63, 3.8) is 0 Å². The average Bonchev–Trinajstić information content (AvgIpc) is 3.72. The number of pyridine rings is 3. The average molecular weight is 903 g/mol. The van der Waals surface area contributed by atoms with Crippen molar-refractivity contribution in [1.29, 1.82) is 0 Å². The van der Waals surface area contributed by atoms with Crippen molar-refractivity contribution in [3.8, 4) is 22.5 Å².